The third-order valence-corrected chi connectivity index (χ3v) is 3.97. The predicted octanol–water partition coefficient (Wildman–Crippen LogP) is 5.58. The first-order valence-electron chi connectivity index (χ1n) is 8.46. The fourth-order valence-corrected chi connectivity index (χ4v) is 2.65. The lowest BCUT2D eigenvalue weighted by molar-refractivity contribution is 0.401. The lowest BCUT2D eigenvalue weighted by atomic mass is 9.97. The van der Waals surface area contributed by atoms with Crippen LogP contribution in [0.1, 0.15) is 50.7 Å². The van der Waals surface area contributed by atoms with Gasteiger partial charge < -0.3 is 14.9 Å². The molecule has 2 aromatic rings. The van der Waals surface area contributed by atoms with Crippen LogP contribution in [0.4, 0.5) is 0 Å². The Morgan fingerprint density at radius 1 is 0.870 bits per heavy atom. The van der Waals surface area contributed by atoms with Crippen LogP contribution in [0, 0.1) is 0 Å². The molecule has 0 spiro atoms. The summed E-state index contributed by atoms with van der Waals surface area (Å²) < 4.78 is 5.93. The lowest BCUT2D eigenvalue weighted by Crippen LogP contribution is -1.99. The smallest absolute Gasteiger partial charge is 0.172 e. The standard InChI is InChI=1S/C20H26O3/c1-3-5-8-15-9-7-11-19(17(15)10-6-4-2)23-20-14-16(21)12-13-18(20)22/h7,9,11-14,21-22H,3-6,8,10H2,1-2H3. The van der Waals surface area contributed by atoms with Crippen molar-refractivity contribution in [2.75, 3.05) is 0 Å². The van der Waals surface area contributed by atoms with Crippen molar-refractivity contribution in [1.29, 1.82) is 0 Å². The molecule has 2 rings (SSSR count). The van der Waals surface area contributed by atoms with Crippen molar-refractivity contribution in [1.82, 2.24) is 0 Å². The first-order valence-corrected chi connectivity index (χ1v) is 8.46. The molecule has 0 amide bonds. The Morgan fingerprint density at radius 3 is 2.35 bits per heavy atom. The first-order chi connectivity index (χ1) is 11.2. The highest BCUT2D eigenvalue weighted by molar-refractivity contribution is 5.49. The molecule has 0 heterocycles. The van der Waals surface area contributed by atoms with Crippen LogP contribution in [0.3, 0.4) is 0 Å². The van der Waals surface area contributed by atoms with Gasteiger partial charge in [0.1, 0.15) is 11.5 Å². The summed E-state index contributed by atoms with van der Waals surface area (Å²) in [7, 11) is 0. The maximum atomic E-state index is 9.94. The minimum atomic E-state index is 0.0307. The number of aromatic hydroxyl groups is 2. The van der Waals surface area contributed by atoms with E-state index in [1.54, 1.807) is 0 Å². The molecule has 0 unspecified atom stereocenters. The van der Waals surface area contributed by atoms with E-state index in [0.29, 0.717) is 0 Å². The Hall–Kier alpha value is -2.16. The van der Waals surface area contributed by atoms with Gasteiger partial charge in [0, 0.05) is 6.07 Å². The highest BCUT2D eigenvalue weighted by Crippen LogP contribution is 2.36. The topological polar surface area (TPSA) is 49.7 Å². The number of hydrogen-bond acceptors (Lipinski definition) is 3. The van der Waals surface area contributed by atoms with Crippen molar-refractivity contribution in [3.63, 3.8) is 0 Å². The van der Waals surface area contributed by atoms with E-state index in [4.69, 9.17) is 4.74 Å². The molecule has 3 nitrogen and oxygen atoms in total. The zero-order chi connectivity index (χ0) is 16.7. The number of unbranched alkanes of at least 4 members (excludes halogenated alkanes) is 2. The highest BCUT2D eigenvalue weighted by atomic mass is 16.5. The van der Waals surface area contributed by atoms with Gasteiger partial charge in [0.15, 0.2) is 11.5 Å². The van der Waals surface area contributed by atoms with Gasteiger partial charge in [-0.3, -0.25) is 0 Å². The van der Waals surface area contributed by atoms with Gasteiger partial charge >= 0.3 is 0 Å². The average Bonchev–Trinajstić information content (AvgIpc) is 2.55. The van der Waals surface area contributed by atoms with Gasteiger partial charge in [-0.2, -0.15) is 0 Å². The van der Waals surface area contributed by atoms with E-state index < -0.39 is 0 Å². The Kier molecular flexibility index (Phi) is 6.33. The molecular formula is C20H26O3. The first kappa shape index (κ1) is 17.2. The van der Waals surface area contributed by atoms with E-state index in [0.717, 1.165) is 44.3 Å². The monoisotopic (exact) mass is 314 g/mol. The molecule has 0 aromatic heterocycles. The maximum Gasteiger partial charge on any atom is 0.172 e. The molecule has 0 saturated heterocycles. The lowest BCUT2D eigenvalue weighted by Gasteiger charge is -2.16. The van der Waals surface area contributed by atoms with Crippen LogP contribution in [0.5, 0.6) is 23.0 Å². The van der Waals surface area contributed by atoms with Gasteiger partial charge in [0.2, 0.25) is 0 Å². The van der Waals surface area contributed by atoms with Crippen molar-refractivity contribution in [3.8, 4) is 23.0 Å². The fraction of sp³-hybridized carbons (Fsp3) is 0.400. The molecule has 3 heteroatoms. The molecule has 0 bridgehead atoms. The van der Waals surface area contributed by atoms with Crippen LogP contribution >= 0.6 is 0 Å². The van der Waals surface area contributed by atoms with Gasteiger partial charge in [0.05, 0.1) is 0 Å². The van der Waals surface area contributed by atoms with Crippen LogP contribution < -0.4 is 4.74 Å². The van der Waals surface area contributed by atoms with Crippen LogP contribution in [0.25, 0.3) is 0 Å². The van der Waals surface area contributed by atoms with E-state index >= 15 is 0 Å². The van der Waals surface area contributed by atoms with Gasteiger partial charge in [-0.25, -0.2) is 0 Å². The van der Waals surface area contributed by atoms with Crippen molar-refractivity contribution in [3.05, 3.63) is 47.5 Å². The van der Waals surface area contributed by atoms with Gasteiger partial charge in [-0.1, -0.05) is 38.8 Å². The molecule has 0 aliphatic rings. The number of hydrogen-bond donors (Lipinski definition) is 2. The van der Waals surface area contributed by atoms with Crippen molar-refractivity contribution < 1.29 is 14.9 Å². The fourth-order valence-electron chi connectivity index (χ4n) is 2.65. The number of ether oxygens (including phenoxy) is 1. The third-order valence-electron chi connectivity index (χ3n) is 3.97. The summed E-state index contributed by atoms with van der Waals surface area (Å²) in [4.78, 5) is 0. The number of rotatable bonds is 8. The number of aryl methyl sites for hydroxylation is 1. The normalized spacial score (nSPS) is 10.7. The van der Waals surface area contributed by atoms with Crippen molar-refractivity contribution >= 4 is 0 Å². The Bertz CT molecular complexity index is 635. The SMILES string of the molecule is CCCCc1cccc(Oc2cc(O)ccc2O)c1CCCC. The number of phenols is 2. The van der Waals surface area contributed by atoms with E-state index in [9.17, 15) is 10.2 Å². The Morgan fingerprint density at radius 2 is 1.61 bits per heavy atom. The summed E-state index contributed by atoms with van der Waals surface area (Å²) in [5.41, 5.74) is 2.53. The molecule has 0 radical (unpaired) electrons. The van der Waals surface area contributed by atoms with Crippen LogP contribution in [0.2, 0.25) is 0 Å². The summed E-state index contributed by atoms with van der Waals surface area (Å²) in [6.07, 6.45) is 6.54. The molecule has 124 valence electrons. The molecule has 2 aromatic carbocycles. The second-order valence-corrected chi connectivity index (χ2v) is 5.86. The van der Waals surface area contributed by atoms with Crippen molar-refractivity contribution in [2.24, 2.45) is 0 Å². The highest BCUT2D eigenvalue weighted by Gasteiger charge is 2.12. The van der Waals surface area contributed by atoms with Crippen molar-refractivity contribution in [2.45, 2.75) is 52.4 Å². The molecule has 0 aliphatic carbocycles. The van der Waals surface area contributed by atoms with E-state index in [-0.39, 0.29) is 17.2 Å². The van der Waals surface area contributed by atoms with E-state index in [2.05, 4.69) is 19.9 Å². The van der Waals surface area contributed by atoms with Crippen LogP contribution in [-0.2, 0) is 12.8 Å². The maximum absolute atomic E-state index is 9.94. The number of benzene rings is 2. The number of phenolic OH excluding ortho intramolecular Hbond substituents is 2. The molecule has 23 heavy (non-hydrogen) atoms. The molecule has 0 saturated carbocycles. The molecule has 2 N–H and O–H groups in total. The summed E-state index contributed by atoms with van der Waals surface area (Å²) in [5.74, 6) is 1.17. The summed E-state index contributed by atoms with van der Waals surface area (Å²) in [5, 5.41) is 19.5. The van der Waals surface area contributed by atoms with E-state index in [1.165, 1.54) is 29.3 Å². The zero-order valence-corrected chi connectivity index (χ0v) is 14.0. The average molecular weight is 314 g/mol. The van der Waals surface area contributed by atoms with Gasteiger partial charge in [0.25, 0.3) is 0 Å². The molecular weight excluding hydrogens is 288 g/mol. The van der Waals surface area contributed by atoms with Gasteiger partial charge in [-0.05, 0) is 55.0 Å². The summed E-state index contributed by atoms with van der Waals surface area (Å²) in [6, 6.07) is 10.4. The minimum absolute atomic E-state index is 0.0307. The van der Waals surface area contributed by atoms with Crippen LogP contribution in [-0.4, -0.2) is 10.2 Å². The zero-order valence-electron chi connectivity index (χ0n) is 14.0. The quantitative estimate of drug-likeness (QED) is 0.626. The second kappa shape index (κ2) is 8.47. The molecule has 0 aliphatic heterocycles. The second-order valence-electron chi connectivity index (χ2n) is 5.86. The summed E-state index contributed by atoms with van der Waals surface area (Å²) in [6.45, 7) is 4.37. The molecule has 0 atom stereocenters. The largest absolute Gasteiger partial charge is 0.508 e. The Balaban J connectivity index is 2.33. The van der Waals surface area contributed by atoms with Crippen LogP contribution in [0.15, 0.2) is 36.4 Å². The third kappa shape index (κ3) is 4.65. The summed E-state index contributed by atoms with van der Waals surface area (Å²) >= 11 is 0. The predicted molar refractivity (Wildman–Crippen MR) is 93.5 cm³/mol. The van der Waals surface area contributed by atoms with E-state index in [1.807, 2.05) is 12.1 Å². The minimum Gasteiger partial charge on any atom is -0.508 e. The Labute approximate surface area is 138 Å². The van der Waals surface area contributed by atoms with Gasteiger partial charge in [-0.15, -0.1) is 0 Å². The molecule has 0 fully saturated rings.